The fourth-order valence-electron chi connectivity index (χ4n) is 2.20. The van der Waals surface area contributed by atoms with Gasteiger partial charge in [0, 0.05) is 32.6 Å². The number of rotatable bonds is 6. The Balaban J connectivity index is 1.94. The molecule has 2 amide bonds. The monoisotopic (exact) mass is 311 g/mol. The summed E-state index contributed by atoms with van der Waals surface area (Å²) in [7, 11) is 1.93. The molecule has 1 aromatic rings. The normalized spacial score (nSPS) is 17.6. The Labute approximate surface area is 127 Å². The number of aromatic nitrogens is 1. The zero-order valence-corrected chi connectivity index (χ0v) is 13.1. The molecule has 0 saturated carbocycles. The van der Waals surface area contributed by atoms with E-state index in [2.05, 4.69) is 22.5 Å². The van der Waals surface area contributed by atoms with Gasteiger partial charge in [0.25, 0.3) is 5.91 Å². The van der Waals surface area contributed by atoms with Crippen molar-refractivity contribution in [2.24, 2.45) is 0 Å². The third kappa shape index (κ3) is 3.84. The highest BCUT2D eigenvalue weighted by molar-refractivity contribution is 7.18. The zero-order chi connectivity index (χ0) is 15.4. The molecule has 0 radical (unpaired) electrons. The fraction of sp³-hybridized carbons (Fsp3) is 0.615. The van der Waals surface area contributed by atoms with Gasteiger partial charge in [-0.05, 0) is 12.8 Å². The summed E-state index contributed by atoms with van der Waals surface area (Å²) in [5.41, 5.74) is 5.82. The number of thiazole rings is 1. The molecule has 2 rings (SSSR count). The number of nitrogens with two attached hydrogens (primary N) is 1. The molecule has 0 spiro atoms. The van der Waals surface area contributed by atoms with Crippen LogP contribution in [-0.2, 0) is 4.79 Å². The average Bonchev–Trinajstić information content (AvgIpc) is 3.02. The lowest BCUT2D eigenvalue weighted by molar-refractivity contribution is -0.119. The first-order valence-corrected chi connectivity index (χ1v) is 7.88. The van der Waals surface area contributed by atoms with E-state index in [1.54, 1.807) is 0 Å². The van der Waals surface area contributed by atoms with Crippen LogP contribution >= 0.6 is 11.3 Å². The SMILES string of the molecule is CCCN(C)c1nc(N)c(C(=O)NCC2CCC(=O)N2)s1. The summed E-state index contributed by atoms with van der Waals surface area (Å²) in [6.07, 6.45) is 2.27. The van der Waals surface area contributed by atoms with Crippen molar-refractivity contribution in [3.63, 3.8) is 0 Å². The van der Waals surface area contributed by atoms with Crippen molar-refractivity contribution in [3.8, 4) is 0 Å². The Morgan fingerprint density at radius 3 is 3.00 bits per heavy atom. The third-order valence-corrected chi connectivity index (χ3v) is 4.51. The number of carbonyl (C=O) groups excluding carboxylic acids is 2. The second kappa shape index (κ2) is 6.75. The molecule has 21 heavy (non-hydrogen) atoms. The summed E-state index contributed by atoms with van der Waals surface area (Å²) in [6, 6.07) is 0.0119. The molecule has 116 valence electrons. The Kier molecular flexibility index (Phi) is 5.00. The first-order chi connectivity index (χ1) is 10.0. The number of carbonyl (C=O) groups is 2. The maximum Gasteiger partial charge on any atom is 0.265 e. The molecule has 1 aromatic heterocycles. The van der Waals surface area contributed by atoms with Crippen LogP contribution in [0.2, 0.25) is 0 Å². The topological polar surface area (TPSA) is 100 Å². The van der Waals surface area contributed by atoms with Crippen LogP contribution in [0.3, 0.4) is 0 Å². The van der Waals surface area contributed by atoms with Crippen LogP contribution in [0.15, 0.2) is 0 Å². The van der Waals surface area contributed by atoms with Gasteiger partial charge < -0.3 is 21.3 Å². The molecule has 2 heterocycles. The van der Waals surface area contributed by atoms with E-state index in [4.69, 9.17) is 5.73 Å². The molecule has 8 heteroatoms. The van der Waals surface area contributed by atoms with Crippen molar-refractivity contribution in [3.05, 3.63) is 4.88 Å². The second-order valence-corrected chi connectivity index (χ2v) is 6.12. The summed E-state index contributed by atoms with van der Waals surface area (Å²) in [4.78, 5) is 29.9. The maximum absolute atomic E-state index is 12.1. The lowest BCUT2D eigenvalue weighted by Gasteiger charge is -2.13. The Bertz CT molecular complexity index is 531. The average molecular weight is 311 g/mol. The van der Waals surface area contributed by atoms with Crippen molar-refractivity contribution in [2.75, 3.05) is 30.8 Å². The Hall–Kier alpha value is -1.83. The number of anilines is 2. The number of hydrogen-bond donors (Lipinski definition) is 3. The molecule has 1 aliphatic rings. The second-order valence-electron chi connectivity index (χ2n) is 5.15. The molecule has 0 aliphatic carbocycles. The minimum absolute atomic E-state index is 0.0119. The van der Waals surface area contributed by atoms with E-state index in [1.807, 2.05) is 11.9 Å². The molecule has 0 aromatic carbocycles. The van der Waals surface area contributed by atoms with Crippen LogP contribution in [0, 0.1) is 0 Å². The highest BCUT2D eigenvalue weighted by Gasteiger charge is 2.23. The molecule has 1 unspecified atom stereocenters. The van der Waals surface area contributed by atoms with E-state index < -0.39 is 0 Å². The van der Waals surface area contributed by atoms with E-state index >= 15 is 0 Å². The van der Waals surface area contributed by atoms with Crippen LogP contribution < -0.4 is 21.3 Å². The van der Waals surface area contributed by atoms with Crippen LogP contribution in [0.5, 0.6) is 0 Å². The van der Waals surface area contributed by atoms with Crippen LogP contribution in [-0.4, -0.2) is 43.0 Å². The Morgan fingerprint density at radius 1 is 1.62 bits per heavy atom. The molecule has 1 aliphatic heterocycles. The summed E-state index contributed by atoms with van der Waals surface area (Å²) in [5.74, 6) is 0.0586. The smallest absolute Gasteiger partial charge is 0.265 e. The minimum Gasteiger partial charge on any atom is -0.382 e. The van der Waals surface area contributed by atoms with Gasteiger partial charge in [0.15, 0.2) is 5.13 Å². The highest BCUT2D eigenvalue weighted by atomic mass is 32.1. The molecule has 0 bridgehead atoms. The van der Waals surface area contributed by atoms with Gasteiger partial charge in [-0.25, -0.2) is 4.98 Å². The van der Waals surface area contributed by atoms with Crippen molar-refractivity contribution in [1.29, 1.82) is 0 Å². The van der Waals surface area contributed by atoms with Crippen molar-refractivity contribution >= 4 is 34.1 Å². The van der Waals surface area contributed by atoms with E-state index in [0.29, 0.717) is 17.8 Å². The number of hydrogen-bond acceptors (Lipinski definition) is 6. The van der Waals surface area contributed by atoms with Crippen molar-refractivity contribution < 1.29 is 9.59 Å². The fourth-order valence-corrected chi connectivity index (χ4v) is 3.09. The molecule has 1 atom stereocenters. The predicted octanol–water partition coefficient (Wildman–Crippen LogP) is 0.580. The molecule has 4 N–H and O–H groups in total. The first kappa shape index (κ1) is 15.6. The van der Waals surface area contributed by atoms with Gasteiger partial charge in [-0.2, -0.15) is 0 Å². The van der Waals surface area contributed by atoms with Crippen LogP contribution in [0.25, 0.3) is 0 Å². The first-order valence-electron chi connectivity index (χ1n) is 7.06. The maximum atomic E-state index is 12.1. The van der Waals surface area contributed by atoms with Gasteiger partial charge in [-0.15, -0.1) is 0 Å². The lowest BCUT2D eigenvalue weighted by Crippen LogP contribution is -2.38. The van der Waals surface area contributed by atoms with Gasteiger partial charge in [0.05, 0.1) is 0 Å². The van der Waals surface area contributed by atoms with E-state index in [9.17, 15) is 9.59 Å². The van der Waals surface area contributed by atoms with Crippen molar-refractivity contribution in [1.82, 2.24) is 15.6 Å². The summed E-state index contributed by atoms with van der Waals surface area (Å²) >= 11 is 1.29. The molecular formula is C13H21N5O2S. The number of amides is 2. The highest BCUT2D eigenvalue weighted by Crippen LogP contribution is 2.27. The summed E-state index contributed by atoms with van der Waals surface area (Å²) in [5, 5.41) is 6.36. The molecular weight excluding hydrogens is 290 g/mol. The molecule has 1 fully saturated rings. The lowest BCUT2D eigenvalue weighted by atomic mass is 10.2. The predicted molar refractivity (Wildman–Crippen MR) is 83.6 cm³/mol. The van der Waals surface area contributed by atoms with E-state index in [-0.39, 0.29) is 23.7 Å². The summed E-state index contributed by atoms with van der Waals surface area (Å²) in [6.45, 7) is 3.36. The molecule has 1 saturated heterocycles. The zero-order valence-electron chi connectivity index (χ0n) is 12.3. The third-order valence-electron chi connectivity index (χ3n) is 3.33. The van der Waals surface area contributed by atoms with Crippen molar-refractivity contribution in [2.45, 2.75) is 32.2 Å². The van der Waals surface area contributed by atoms with Gasteiger partial charge in [0.1, 0.15) is 10.7 Å². The van der Waals surface area contributed by atoms with Crippen LogP contribution in [0.4, 0.5) is 10.9 Å². The Morgan fingerprint density at radius 2 is 2.38 bits per heavy atom. The molecule has 7 nitrogen and oxygen atoms in total. The van der Waals surface area contributed by atoms with E-state index in [0.717, 1.165) is 24.5 Å². The van der Waals surface area contributed by atoms with Gasteiger partial charge >= 0.3 is 0 Å². The number of nitrogens with zero attached hydrogens (tertiary/aromatic N) is 2. The van der Waals surface area contributed by atoms with Gasteiger partial charge in [0.2, 0.25) is 5.91 Å². The minimum atomic E-state index is -0.234. The number of nitrogen functional groups attached to an aromatic ring is 1. The quantitative estimate of drug-likeness (QED) is 0.713. The standard InChI is InChI=1S/C13H21N5O2S/c1-3-6-18(2)13-17-11(14)10(21-13)12(20)15-7-8-4-5-9(19)16-8/h8H,3-7,14H2,1-2H3,(H,15,20)(H,16,19). The van der Waals surface area contributed by atoms with E-state index in [1.165, 1.54) is 11.3 Å². The summed E-state index contributed by atoms with van der Waals surface area (Å²) < 4.78 is 0. The van der Waals surface area contributed by atoms with Gasteiger partial charge in [-0.1, -0.05) is 18.3 Å². The van der Waals surface area contributed by atoms with Gasteiger partial charge in [-0.3, -0.25) is 9.59 Å². The largest absolute Gasteiger partial charge is 0.382 e. The van der Waals surface area contributed by atoms with Crippen LogP contribution in [0.1, 0.15) is 35.9 Å². The number of nitrogens with one attached hydrogen (secondary N) is 2.